The molecule has 3 atom stereocenters. The first-order valence-electron chi connectivity index (χ1n) is 15.3. The van der Waals surface area contributed by atoms with Gasteiger partial charge < -0.3 is 19.7 Å². The van der Waals surface area contributed by atoms with Gasteiger partial charge in [-0.15, -0.1) is 0 Å². The average Bonchev–Trinajstić information content (AvgIpc) is 3.53. The summed E-state index contributed by atoms with van der Waals surface area (Å²) in [6.45, 7) is 16.7. The van der Waals surface area contributed by atoms with Crippen molar-refractivity contribution in [3.05, 3.63) is 94.6 Å². The van der Waals surface area contributed by atoms with E-state index in [9.17, 15) is 18.0 Å². The van der Waals surface area contributed by atoms with Gasteiger partial charge in [-0.05, 0) is 71.6 Å². The van der Waals surface area contributed by atoms with Gasteiger partial charge in [0.2, 0.25) is 11.8 Å². The van der Waals surface area contributed by atoms with Crippen LogP contribution >= 0.6 is 11.6 Å². The Hall–Kier alpha value is -4.58. The fourth-order valence-electron chi connectivity index (χ4n) is 5.54. The van der Waals surface area contributed by atoms with Crippen LogP contribution in [0.5, 0.6) is 5.75 Å². The number of amides is 1. The molecule has 13 heteroatoms. The number of rotatable bonds is 13. The van der Waals surface area contributed by atoms with Crippen LogP contribution in [-0.4, -0.2) is 52.5 Å². The van der Waals surface area contributed by atoms with Crippen LogP contribution in [0.2, 0.25) is 5.02 Å². The summed E-state index contributed by atoms with van der Waals surface area (Å²) in [7, 11) is 1.42. The van der Waals surface area contributed by atoms with Gasteiger partial charge in [-0.25, -0.2) is 9.38 Å². The van der Waals surface area contributed by atoms with E-state index in [1.807, 2.05) is 40.7 Å². The molecule has 4 rings (SSSR count). The first kappa shape index (κ1) is 36.3. The Morgan fingerprint density at radius 3 is 2.52 bits per heavy atom. The van der Waals surface area contributed by atoms with Gasteiger partial charge in [-0.1, -0.05) is 36.4 Å². The molecule has 2 aliphatic rings. The molecule has 48 heavy (non-hydrogen) atoms. The van der Waals surface area contributed by atoms with Crippen molar-refractivity contribution in [1.29, 1.82) is 0 Å². The zero-order chi connectivity index (χ0) is 35.4. The van der Waals surface area contributed by atoms with Crippen molar-refractivity contribution < 1.29 is 27.4 Å². The van der Waals surface area contributed by atoms with Crippen molar-refractivity contribution in [2.45, 2.75) is 60.6 Å². The summed E-state index contributed by atoms with van der Waals surface area (Å²) in [5, 5.41) is 7.50. The predicted octanol–water partition coefficient (Wildman–Crippen LogP) is 8.56. The number of carbonyl (C=O) groups is 1. The summed E-state index contributed by atoms with van der Waals surface area (Å²) in [5.74, 6) is -0.444. The Bertz CT molecular complexity index is 1770. The molecular weight excluding hydrogens is 645 g/mol. The number of piperidine rings is 1. The molecular formula is C35H40ClF3N6O3. The number of aliphatic imine (C=N–C) groups is 2. The molecule has 1 amide bonds. The van der Waals surface area contributed by atoms with E-state index in [2.05, 4.69) is 33.3 Å². The van der Waals surface area contributed by atoms with Crippen molar-refractivity contribution in [2.75, 3.05) is 19.0 Å². The lowest BCUT2D eigenvalue weighted by molar-refractivity contribution is -0.127. The number of allylic oxidation sites excluding steroid dienone is 5. The van der Waals surface area contributed by atoms with Gasteiger partial charge in [0.1, 0.15) is 5.75 Å². The quantitative estimate of drug-likeness (QED) is 0.130. The number of benzene rings is 1. The molecule has 2 heterocycles. The van der Waals surface area contributed by atoms with E-state index in [1.165, 1.54) is 26.3 Å². The molecule has 1 aromatic heterocycles. The lowest BCUT2D eigenvalue weighted by atomic mass is 10.1. The second-order valence-corrected chi connectivity index (χ2v) is 12.2. The molecule has 1 aliphatic heterocycles. The van der Waals surface area contributed by atoms with Crippen LogP contribution in [0.4, 0.5) is 18.9 Å². The van der Waals surface area contributed by atoms with Crippen molar-refractivity contribution in [3.8, 4) is 5.75 Å². The van der Waals surface area contributed by atoms with Gasteiger partial charge >= 0.3 is 6.61 Å². The smallest absolute Gasteiger partial charge is 0.387 e. The van der Waals surface area contributed by atoms with Crippen LogP contribution in [0, 0.1) is 17.7 Å². The third-order valence-electron chi connectivity index (χ3n) is 8.23. The summed E-state index contributed by atoms with van der Waals surface area (Å²) in [6.07, 6.45) is 7.59. The van der Waals surface area contributed by atoms with Crippen LogP contribution in [0.1, 0.15) is 59.6 Å². The molecule has 1 aromatic carbocycles. The number of likely N-dealkylation sites (tertiary alicyclic amines) is 1. The fourth-order valence-corrected chi connectivity index (χ4v) is 5.70. The Morgan fingerprint density at radius 1 is 1.23 bits per heavy atom. The third kappa shape index (κ3) is 7.92. The molecule has 1 aliphatic carbocycles. The SMILES string of the molecule is C=C(Nc1cnn(C(C)/C(=C/C)N=C(C)C(=C)N2CC3CC3C2=O)c1)C(C(=N/C=C(\C)c1c(OC(F)F)ccc(Cl)c1F)OC)=C(C)C. The number of hydrogen-bond donors (Lipinski definition) is 1. The maximum absolute atomic E-state index is 14.9. The van der Waals surface area contributed by atoms with E-state index in [0.29, 0.717) is 40.8 Å². The third-order valence-corrected chi connectivity index (χ3v) is 8.52. The monoisotopic (exact) mass is 684 g/mol. The predicted molar refractivity (Wildman–Crippen MR) is 184 cm³/mol. The highest BCUT2D eigenvalue weighted by atomic mass is 35.5. The second kappa shape index (κ2) is 15.1. The molecule has 1 saturated carbocycles. The van der Waals surface area contributed by atoms with Gasteiger partial charge in [-0.2, -0.15) is 13.9 Å². The topological polar surface area (TPSA) is 93.3 Å². The largest absolute Gasteiger partial charge is 0.481 e. The molecule has 256 valence electrons. The summed E-state index contributed by atoms with van der Waals surface area (Å²) < 4.78 is 52.7. The van der Waals surface area contributed by atoms with E-state index in [-0.39, 0.29) is 45.7 Å². The number of halogens is 4. The van der Waals surface area contributed by atoms with Crippen LogP contribution in [0.25, 0.3) is 5.57 Å². The number of anilines is 1. The zero-order valence-corrected chi connectivity index (χ0v) is 28.8. The van der Waals surface area contributed by atoms with Crippen LogP contribution in [0.3, 0.4) is 0 Å². The molecule has 1 N–H and O–H groups in total. The molecule has 2 aromatic rings. The number of carbonyl (C=O) groups excluding carboxylic acids is 1. The highest BCUT2D eigenvalue weighted by Crippen LogP contribution is 2.47. The molecule has 1 saturated heterocycles. The van der Waals surface area contributed by atoms with E-state index >= 15 is 0 Å². The van der Waals surface area contributed by atoms with Gasteiger partial charge in [0, 0.05) is 30.6 Å². The average molecular weight is 685 g/mol. The fraction of sp³-hybridized carbons (Fsp3) is 0.371. The lowest BCUT2D eigenvalue weighted by Crippen LogP contribution is -2.30. The standard InChI is InChI=1S/C35H40ClF3N6O3/c1-10-28(43-20(5)22(7)44-16-24-13-26(24)34(44)46)23(8)45-17-25(15-41-45)42-21(6)30(18(2)3)33(47-9)40-14-19(4)31-29(48-35(38)39)12-11-27(36)32(31)37/h10-12,14-15,17,23-24,26,35,42H,6-7,13,16H2,1-5,8-9H3/b19-14+,28-10-,40-33?,43-20?. The maximum atomic E-state index is 14.9. The zero-order valence-electron chi connectivity index (χ0n) is 28.1. The summed E-state index contributed by atoms with van der Waals surface area (Å²) >= 11 is 5.92. The number of alkyl halides is 2. The number of nitrogens with zero attached hydrogens (tertiary/aromatic N) is 5. The molecule has 0 spiro atoms. The maximum Gasteiger partial charge on any atom is 0.387 e. The highest BCUT2D eigenvalue weighted by molar-refractivity contribution is 6.31. The van der Waals surface area contributed by atoms with Gasteiger partial charge in [0.05, 0.1) is 58.3 Å². The van der Waals surface area contributed by atoms with E-state index in [0.717, 1.165) is 23.8 Å². The van der Waals surface area contributed by atoms with Gasteiger partial charge in [-0.3, -0.25) is 14.5 Å². The van der Waals surface area contributed by atoms with Gasteiger partial charge in [0.15, 0.2) is 5.82 Å². The van der Waals surface area contributed by atoms with Crippen molar-refractivity contribution in [2.24, 2.45) is 21.8 Å². The van der Waals surface area contributed by atoms with Crippen molar-refractivity contribution in [3.63, 3.8) is 0 Å². The minimum atomic E-state index is -3.16. The Labute approximate surface area is 283 Å². The van der Waals surface area contributed by atoms with E-state index in [4.69, 9.17) is 21.3 Å². The number of aromatic nitrogens is 2. The Kier molecular flexibility index (Phi) is 11.4. The van der Waals surface area contributed by atoms with E-state index in [1.54, 1.807) is 22.0 Å². The normalized spacial score (nSPS) is 18.9. The first-order chi connectivity index (χ1) is 22.7. The summed E-state index contributed by atoms with van der Waals surface area (Å²) in [5.41, 5.74) is 4.36. The highest BCUT2D eigenvalue weighted by Gasteiger charge is 2.52. The van der Waals surface area contributed by atoms with Crippen molar-refractivity contribution in [1.82, 2.24) is 14.7 Å². The number of fused-ring (bicyclic) bond motifs is 1. The number of ether oxygens (including phenoxy) is 2. The molecule has 0 radical (unpaired) electrons. The Balaban J connectivity index is 1.51. The first-order valence-corrected chi connectivity index (χ1v) is 15.7. The van der Waals surface area contributed by atoms with Crippen LogP contribution in [0.15, 0.2) is 88.2 Å². The molecule has 0 bridgehead atoms. The summed E-state index contributed by atoms with van der Waals surface area (Å²) in [6, 6.07) is 2.06. The number of methoxy groups -OCH3 is 1. The Morgan fingerprint density at radius 2 is 1.94 bits per heavy atom. The molecule has 2 fully saturated rings. The summed E-state index contributed by atoms with van der Waals surface area (Å²) in [4.78, 5) is 23.5. The molecule has 9 nitrogen and oxygen atoms in total. The molecule has 3 unspecified atom stereocenters. The number of nitrogens with one attached hydrogen (secondary N) is 1. The number of hydrogen-bond acceptors (Lipinski definition) is 7. The minimum Gasteiger partial charge on any atom is -0.481 e. The van der Waals surface area contributed by atoms with Crippen LogP contribution in [-0.2, 0) is 9.53 Å². The van der Waals surface area contributed by atoms with Crippen molar-refractivity contribution >= 4 is 40.4 Å². The van der Waals surface area contributed by atoms with Crippen LogP contribution < -0.4 is 10.1 Å². The lowest BCUT2D eigenvalue weighted by Gasteiger charge is -2.21. The minimum absolute atomic E-state index is 0.129. The van der Waals surface area contributed by atoms with Gasteiger partial charge in [0.25, 0.3) is 0 Å². The van der Waals surface area contributed by atoms with E-state index < -0.39 is 12.4 Å². The second-order valence-electron chi connectivity index (χ2n) is 11.8.